The van der Waals surface area contributed by atoms with Gasteiger partial charge in [-0.25, -0.2) is 4.98 Å². The van der Waals surface area contributed by atoms with Crippen molar-refractivity contribution in [3.63, 3.8) is 0 Å². The maximum absolute atomic E-state index is 4.92. The molecule has 0 aliphatic carbocycles. The number of nitrogens with zero attached hydrogens (tertiary/aromatic N) is 2. The van der Waals surface area contributed by atoms with Crippen molar-refractivity contribution in [1.29, 1.82) is 0 Å². The molecule has 0 amide bonds. The molecular weight excluding hydrogens is 597 g/mol. The van der Waals surface area contributed by atoms with Gasteiger partial charge in [0.05, 0.1) is 5.52 Å². The highest BCUT2D eigenvalue weighted by atomic mass is 28.3. The molecule has 9 aromatic rings. The normalized spacial score (nSPS) is 11.8. The first-order valence-corrected chi connectivity index (χ1v) is 18.5. The molecule has 2 aromatic heterocycles. The topological polar surface area (TPSA) is 17.8 Å². The van der Waals surface area contributed by atoms with E-state index in [-0.39, 0.29) is 0 Å². The average molecular weight is 629 g/mol. The summed E-state index contributed by atoms with van der Waals surface area (Å²) in [6.45, 7) is 0. The van der Waals surface area contributed by atoms with Gasteiger partial charge in [0.1, 0.15) is 5.65 Å². The Balaban J connectivity index is 1.26. The monoisotopic (exact) mass is 628 g/mol. The van der Waals surface area contributed by atoms with Gasteiger partial charge >= 0.3 is 0 Å². The molecule has 226 valence electrons. The van der Waals surface area contributed by atoms with E-state index in [2.05, 4.69) is 187 Å². The molecule has 0 fully saturated rings. The van der Waals surface area contributed by atoms with Gasteiger partial charge in [-0.2, -0.15) is 0 Å². The van der Waals surface area contributed by atoms with Gasteiger partial charge in [0.25, 0.3) is 0 Å². The molecule has 0 saturated heterocycles. The number of aromatic nitrogens is 2. The van der Waals surface area contributed by atoms with Gasteiger partial charge in [0.15, 0.2) is 8.07 Å². The van der Waals surface area contributed by atoms with Crippen LogP contribution in [0, 0.1) is 0 Å². The highest BCUT2D eigenvalue weighted by Crippen LogP contribution is 2.36. The van der Waals surface area contributed by atoms with Crippen LogP contribution >= 0.6 is 0 Å². The summed E-state index contributed by atoms with van der Waals surface area (Å²) in [6.07, 6.45) is 1.90. The third-order valence-electron chi connectivity index (χ3n) is 9.77. The largest absolute Gasteiger partial charge is 0.294 e. The van der Waals surface area contributed by atoms with Crippen molar-refractivity contribution in [2.75, 3.05) is 0 Å². The third kappa shape index (κ3) is 4.44. The Morgan fingerprint density at radius 3 is 1.67 bits per heavy atom. The van der Waals surface area contributed by atoms with E-state index >= 15 is 0 Å². The molecule has 9 rings (SSSR count). The van der Waals surface area contributed by atoms with Crippen molar-refractivity contribution < 1.29 is 0 Å². The summed E-state index contributed by atoms with van der Waals surface area (Å²) in [5, 5.41) is 10.4. The summed E-state index contributed by atoms with van der Waals surface area (Å²) < 4.78 is 2.32. The Labute approximate surface area is 281 Å². The zero-order chi connectivity index (χ0) is 31.9. The van der Waals surface area contributed by atoms with Crippen LogP contribution in [0.3, 0.4) is 0 Å². The van der Waals surface area contributed by atoms with Crippen LogP contribution in [0.4, 0.5) is 0 Å². The second kappa shape index (κ2) is 11.6. The van der Waals surface area contributed by atoms with Crippen LogP contribution in [0.2, 0.25) is 0 Å². The lowest BCUT2D eigenvalue weighted by Crippen LogP contribution is -2.74. The fourth-order valence-corrected chi connectivity index (χ4v) is 12.5. The number of hydrogen-bond acceptors (Lipinski definition) is 1. The first-order chi connectivity index (χ1) is 23.8. The molecule has 0 aliphatic heterocycles. The lowest BCUT2D eigenvalue weighted by molar-refractivity contribution is 1.14. The van der Waals surface area contributed by atoms with Crippen molar-refractivity contribution in [2.45, 2.75) is 0 Å². The average Bonchev–Trinajstić information content (AvgIpc) is 3.52. The highest BCUT2D eigenvalue weighted by Gasteiger charge is 2.41. The Bertz CT molecular complexity index is 2460. The SMILES string of the molecule is c1ccc([Si](c2ccccc2)(c2ccccc2)c2cccc(-c3cccc(-n4c5ccc6ccccc6c5c5cccnc54)c3)c2)cc1. The van der Waals surface area contributed by atoms with Crippen molar-refractivity contribution in [3.8, 4) is 16.8 Å². The number of fused-ring (bicyclic) bond motifs is 5. The Kier molecular flexibility index (Phi) is 6.84. The second-order valence-electron chi connectivity index (χ2n) is 12.4. The smallest absolute Gasteiger partial charge is 0.179 e. The first kappa shape index (κ1) is 28.2. The summed E-state index contributed by atoms with van der Waals surface area (Å²) in [6, 6.07) is 68.9. The highest BCUT2D eigenvalue weighted by molar-refractivity contribution is 7.19. The zero-order valence-electron chi connectivity index (χ0n) is 26.4. The Morgan fingerprint density at radius 2 is 0.979 bits per heavy atom. The maximum atomic E-state index is 4.92. The maximum Gasteiger partial charge on any atom is 0.179 e. The van der Waals surface area contributed by atoms with Gasteiger partial charge in [0.2, 0.25) is 0 Å². The second-order valence-corrected chi connectivity index (χ2v) is 16.2. The lowest BCUT2D eigenvalue weighted by atomic mass is 10.0. The van der Waals surface area contributed by atoms with Crippen LogP contribution in [0.25, 0.3) is 49.5 Å². The molecule has 48 heavy (non-hydrogen) atoms. The minimum atomic E-state index is -2.64. The molecular formula is C45H32N2Si. The minimum absolute atomic E-state index is 0.971. The molecule has 0 N–H and O–H groups in total. The molecule has 2 nitrogen and oxygen atoms in total. The van der Waals surface area contributed by atoms with Crippen LogP contribution in [0.5, 0.6) is 0 Å². The van der Waals surface area contributed by atoms with Crippen molar-refractivity contribution in [3.05, 3.63) is 194 Å². The van der Waals surface area contributed by atoms with Crippen LogP contribution in [-0.4, -0.2) is 17.6 Å². The summed E-state index contributed by atoms with van der Waals surface area (Å²) in [5.74, 6) is 0. The van der Waals surface area contributed by atoms with E-state index in [1.807, 2.05) is 12.3 Å². The van der Waals surface area contributed by atoms with E-state index in [9.17, 15) is 0 Å². The summed E-state index contributed by atoms with van der Waals surface area (Å²) in [5.41, 5.74) is 5.62. The standard InChI is InChI=1S/C45H32N2Si/c1-4-19-37(20-5-1)48(38-21-6-2-7-22-38,39-23-8-3-9-24-39)40-25-13-17-35(32-40)34-16-12-18-36(31-34)47-43-29-28-33-15-10-11-26-41(33)44(43)42-27-14-30-46-45(42)47/h1-32H. The van der Waals surface area contributed by atoms with Crippen molar-refractivity contribution >= 4 is 61.5 Å². The van der Waals surface area contributed by atoms with E-state index in [0.29, 0.717) is 0 Å². The Morgan fingerprint density at radius 1 is 0.417 bits per heavy atom. The summed E-state index contributed by atoms with van der Waals surface area (Å²) in [4.78, 5) is 4.92. The molecule has 0 aliphatic rings. The molecule has 2 heterocycles. The van der Waals surface area contributed by atoms with Gasteiger partial charge in [-0.05, 0) is 73.0 Å². The van der Waals surface area contributed by atoms with Crippen molar-refractivity contribution in [1.82, 2.24) is 9.55 Å². The quantitative estimate of drug-likeness (QED) is 0.134. The van der Waals surface area contributed by atoms with Gasteiger partial charge in [-0.1, -0.05) is 158 Å². The lowest BCUT2D eigenvalue weighted by Gasteiger charge is -2.34. The minimum Gasteiger partial charge on any atom is -0.294 e. The predicted octanol–water partition coefficient (Wildman–Crippen LogP) is 8.38. The van der Waals surface area contributed by atoms with E-state index in [1.165, 1.54) is 53.4 Å². The Hall–Kier alpha value is -6.03. The predicted molar refractivity (Wildman–Crippen MR) is 205 cm³/mol. The molecule has 7 aromatic carbocycles. The fraction of sp³-hybridized carbons (Fsp3) is 0. The van der Waals surface area contributed by atoms with E-state index in [0.717, 1.165) is 16.9 Å². The molecule has 0 unspecified atom stereocenters. The van der Waals surface area contributed by atoms with Crippen LogP contribution in [-0.2, 0) is 0 Å². The number of pyridine rings is 1. The van der Waals surface area contributed by atoms with Gasteiger partial charge in [-0.3, -0.25) is 4.57 Å². The molecule has 0 radical (unpaired) electrons. The molecule has 3 heteroatoms. The first-order valence-electron chi connectivity index (χ1n) is 16.5. The van der Waals surface area contributed by atoms with Crippen LogP contribution in [0.15, 0.2) is 194 Å². The van der Waals surface area contributed by atoms with E-state index in [1.54, 1.807) is 0 Å². The third-order valence-corrected chi connectivity index (χ3v) is 14.5. The summed E-state index contributed by atoms with van der Waals surface area (Å²) >= 11 is 0. The van der Waals surface area contributed by atoms with Crippen LogP contribution in [0.1, 0.15) is 0 Å². The molecule has 0 atom stereocenters. The fourth-order valence-electron chi connectivity index (χ4n) is 7.70. The van der Waals surface area contributed by atoms with Gasteiger partial charge in [-0.15, -0.1) is 0 Å². The molecule has 0 bridgehead atoms. The number of benzene rings is 7. The van der Waals surface area contributed by atoms with E-state index in [4.69, 9.17) is 4.98 Å². The zero-order valence-corrected chi connectivity index (χ0v) is 27.4. The molecule has 0 spiro atoms. The summed E-state index contributed by atoms with van der Waals surface area (Å²) in [7, 11) is -2.64. The molecule has 0 saturated carbocycles. The van der Waals surface area contributed by atoms with E-state index < -0.39 is 8.07 Å². The number of rotatable bonds is 6. The van der Waals surface area contributed by atoms with Gasteiger partial charge < -0.3 is 0 Å². The van der Waals surface area contributed by atoms with Crippen LogP contribution < -0.4 is 20.7 Å². The van der Waals surface area contributed by atoms with Crippen molar-refractivity contribution in [2.24, 2.45) is 0 Å². The van der Waals surface area contributed by atoms with Gasteiger partial charge in [0, 0.05) is 22.7 Å². The number of hydrogen-bond donors (Lipinski definition) is 0.